The number of nitrogen functional groups attached to an aromatic ring is 1. The monoisotopic (exact) mass is 270 g/mol. The molecule has 3 heterocycles. The molecular weight excluding hydrogens is 256 g/mol. The highest BCUT2D eigenvalue weighted by Gasteiger charge is 2.08. The Morgan fingerprint density at radius 3 is 2.90 bits per heavy atom. The van der Waals surface area contributed by atoms with Crippen LogP contribution in [-0.2, 0) is 6.54 Å². The van der Waals surface area contributed by atoms with Gasteiger partial charge in [0.15, 0.2) is 5.65 Å². The molecule has 0 aliphatic carbocycles. The summed E-state index contributed by atoms with van der Waals surface area (Å²) < 4.78 is 0. The van der Waals surface area contributed by atoms with Crippen LogP contribution in [0.15, 0.2) is 24.5 Å². The van der Waals surface area contributed by atoms with E-state index in [0.717, 1.165) is 16.6 Å². The van der Waals surface area contributed by atoms with Gasteiger partial charge < -0.3 is 5.32 Å². The largest absolute Gasteiger partial charge is 0.365 e. The minimum Gasteiger partial charge on any atom is -0.365 e. The zero-order valence-corrected chi connectivity index (χ0v) is 10.9. The molecular formula is C12H14N8. The van der Waals surface area contributed by atoms with Crippen molar-refractivity contribution in [3.05, 3.63) is 35.8 Å². The summed E-state index contributed by atoms with van der Waals surface area (Å²) in [5.41, 5.74) is 5.11. The van der Waals surface area contributed by atoms with Gasteiger partial charge in [0, 0.05) is 18.4 Å². The summed E-state index contributed by atoms with van der Waals surface area (Å²) in [5.74, 6) is 6.34. The van der Waals surface area contributed by atoms with Crippen molar-refractivity contribution in [3.8, 4) is 0 Å². The molecule has 0 spiro atoms. The molecule has 0 aliphatic rings. The molecule has 0 aromatic carbocycles. The number of nitrogens with zero attached hydrogens (tertiary/aromatic N) is 4. The third-order valence-electron chi connectivity index (χ3n) is 2.87. The SMILES string of the molecule is Cc1ccc(CNc2nc(NN)nc3[nH]ncc23)cn1. The summed E-state index contributed by atoms with van der Waals surface area (Å²) in [6.07, 6.45) is 3.50. The van der Waals surface area contributed by atoms with E-state index in [1.807, 2.05) is 25.3 Å². The molecule has 3 rings (SSSR count). The van der Waals surface area contributed by atoms with Crippen molar-refractivity contribution < 1.29 is 0 Å². The smallest absolute Gasteiger partial charge is 0.241 e. The zero-order chi connectivity index (χ0) is 13.9. The molecule has 0 saturated heterocycles. The topological polar surface area (TPSA) is 117 Å². The van der Waals surface area contributed by atoms with Gasteiger partial charge in [-0.3, -0.25) is 15.5 Å². The molecule has 20 heavy (non-hydrogen) atoms. The number of rotatable bonds is 4. The lowest BCUT2D eigenvalue weighted by Gasteiger charge is -2.08. The summed E-state index contributed by atoms with van der Waals surface area (Å²) in [5, 5.41) is 10.8. The molecule has 0 aliphatic heterocycles. The quantitative estimate of drug-likeness (QED) is 0.412. The number of hydrazine groups is 1. The molecule has 0 atom stereocenters. The highest BCUT2D eigenvalue weighted by molar-refractivity contribution is 5.86. The van der Waals surface area contributed by atoms with Gasteiger partial charge >= 0.3 is 0 Å². The highest BCUT2D eigenvalue weighted by atomic mass is 15.3. The van der Waals surface area contributed by atoms with Gasteiger partial charge in [0.25, 0.3) is 0 Å². The number of aromatic amines is 1. The molecule has 0 bridgehead atoms. The fourth-order valence-corrected chi connectivity index (χ4v) is 1.82. The van der Waals surface area contributed by atoms with E-state index >= 15 is 0 Å². The van der Waals surface area contributed by atoms with Gasteiger partial charge in [0.2, 0.25) is 5.95 Å². The Kier molecular flexibility index (Phi) is 3.13. The lowest BCUT2D eigenvalue weighted by atomic mass is 10.2. The fourth-order valence-electron chi connectivity index (χ4n) is 1.82. The summed E-state index contributed by atoms with van der Waals surface area (Å²) >= 11 is 0. The molecule has 8 nitrogen and oxygen atoms in total. The molecule has 0 radical (unpaired) electrons. The Labute approximate surface area is 114 Å². The van der Waals surface area contributed by atoms with E-state index in [1.165, 1.54) is 0 Å². The second-order valence-electron chi connectivity index (χ2n) is 4.33. The number of hydrogen-bond acceptors (Lipinski definition) is 7. The van der Waals surface area contributed by atoms with Gasteiger partial charge in [-0.1, -0.05) is 6.07 Å². The zero-order valence-electron chi connectivity index (χ0n) is 10.9. The maximum absolute atomic E-state index is 5.36. The number of hydrogen-bond donors (Lipinski definition) is 4. The Bertz CT molecular complexity index is 718. The highest BCUT2D eigenvalue weighted by Crippen LogP contribution is 2.20. The average molecular weight is 270 g/mol. The molecule has 8 heteroatoms. The molecule has 0 unspecified atom stereocenters. The minimum atomic E-state index is 0.325. The van der Waals surface area contributed by atoms with Crippen LogP contribution in [0.1, 0.15) is 11.3 Å². The van der Waals surface area contributed by atoms with Crippen LogP contribution in [0, 0.1) is 6.92 Å². The lowest BCUT2D eigenvalue weighted by Crippen LogP contribution is -2.12. The Balaban J connectivity index is 1.86. The number of nitrogens with two attached hydrogens (primary N) is 1. The first-order chi connectivity index (χ1) is 9.76. The van der Waals surface area contributed by atoms with Crippen molar-refractivity contribution in [3.63, 3.8) is 0 Å². The third kappa shape index (κ3) is 2.36. The number of fused-ring (bicyclic) bond motifs is 1. The summed E-state index contributed by atoms with van der Waals surface area (Å²) in [7, 11) is 0. The van der Waals surface area contributed by atoms with Gasteiger partial charge in [-0.05, 0) is 18.6 Å². The normalized spacial score (nSPS) is 10.7. The van der Waals surface area contributed by atoms with Gasteiger partial charge in [0.1, 0.15) is 5.82 Å². The van der Waals surface area contributed by atoms with Crippen molar-refractivity contribution in [1.29, 1.82) is 0 Å². The van der Waals surface area contributed by atoms with Gasteiger partial charge in [0.05, 0.1) is 11.6 Å². The van der Waals surface area contributed by atoms with E-state index in [4.69, 9.17) is 5.84 Å². The number of aryl methyl sites for hydroxylation is 1. The number of nitrogens with one attached hydrogen (secondary N) is 3. The number of H-pyrrole nitrogens is 1. The maximum Gasteiger partial charge on any atom is 0.241 e. The summed E-state index contributed by atoms with van der Waals surface area (Å²) in [6.45, 7) is 2.56. The van der Waals surface area contributed by atoms with Crippen LogP contribution in [0.25, 0.3) is 11.0 Å². The van der Waals surface area contributed by atoms with Gasteiger partial charge in [-0.2, -0.15) is 15.1 Å². The second-order valence-corrected chi connectivity index (χ2v) is 4.33. The first-order valence-electron chi connectivity index (χ1n) is 6.09. The van der Waals surface area contributed by atoms with Crippen molar-refractivity contribution in [2.24, 2.45) is 5.84 Å². The number of aromatic nitrogens is 5. The van der Waals surface area contributed by atoms with Gasteiger partial charge in [-0.15, -0.1) is 0 Å². The van der Waals surface area contributed by atoms with Crippen molar-refractivity contribution in [1.82, 2.24) is 25.1 Å². The third-order valence-corrected chi connectivity index (χ3v) is 2.87. The second kappa shape index (κ2) is 5.10. The van der Waals surface area contributed by atoms with E-state index < -0.39 is 0 Å². The molecule has 0 saturated carbocycles. The van der Waals surface area contributed by atoms with Crippen LogP contribution < -0.4 is 16.6 Å². The van der Waals surface area contributed by atoms with Crippen LogP contribution in [0.4, 0.5) is 11.8 Å². The Hall–Kier alpha value is -2.74. The van der Waals surface area contributed by atoms with E-state index in [-0.39, 0.29) is 0 Å². The van der Waals surface area contributed by atoms with Crippen molar-refractivity contribution in [2.45, 2.75) is 13.5 Å². The summed E-state index contributed by atoms with van der Waals surface area (Å²) in [4.78, 5) is 12.7. The van der Waals surface area contributed by atoms with Crippen LogP contribution in [0.5, 0.6) is 0 Å². The molecule has 102 valence electrons. The van der Waals surface area contributed by atoms with E-state index in [2.05, 4.69) is 35.9 Å². The van der Waals surface area contributed by atoms with E-state index in [1.54, 1.807) is 6.20 Å². The molecule has 0 amide bonds. The molecule has 0 fully saturated rings. The standard InChI is InChI=1S/C12H14N8/c1-7-2-3-8(4-14-7)5-15-10-9-6-16-20-11(9)18-12(17-10)19-13/h2-4,6H,5,13H2,1H3,(H3,15,16,17,18,19,20). The summed E-state index contributed by atoms with van der Waals surface area (Å²) in [6, 6.07) is 3.99. The van der Waals surface area contributed by atoms with Crippen LogP contribution >= 0.6 is 0 Å². The number of pyridine rings is 1. The van der Waals surface area contributed by atoms with E-state index in [0.29, 0.717) is 24.0 Å². The maximum atomic E-state index is 5.36. The van der Waals surface area contributed by atoms with Crippen LogP contribution in [0.3, 0.4) is 0 Å². The predicted molar refractivity (Wildman–Crippen MR) is 75.8 cm³/mol. The van der Waals surface area contributed by atoms with Crippen molar-refractivity contribution >= 4 is 22.8 Å². The van der Waals surface area contributed by atoms with E-state index in [9.17, 15) is 0 Å². The molecule has 5 N–H and O–H groups in total. The van der Waals surface area contributed by atoms with Gasteiger partial charge in [-0.25, -0.2) is 5.84 Å². The van der Waals surface area contributed by atoms with Crippen molar-refractivity contribution in [2.75, 3.05) is 10.7 Å². The first kappa shape index (κ1) is 12.3. The lowest BCUT2D eigenvalue weighted by molar-refractivity contribution is 1.05. The predicted octanol–water partition coefficient (Wildman–Crippen LogP) is 0.954. The molecule has 3 aromatic heterocycles. The fraction of sp³-hybridized carbons (Fsp3) is 0.167. The van der Waals surface area contributed by atoms with Crippen LogP contribution in [-0.4, -0.2) is 25.1 Å². The molecule has 3 aromatic rings. The minimum absolute atomic E-state index is 0.325. The first-order valence-corrected chi connectivity index (χ1v) is 6.09. The Morgan fingerprint density at radius 1 is 1.25 bits per heavy atom. The number of anilines is 2. The Morgan fingerprint density at radius 2 is 2.15 bits per heavy atom. The average Bonchev–Trinajstić information content (AvgIpc) is 2.94. The van der Waals surface area contributed by atoms with Crippen LogP contribution in [0.2, 0.25) is 0 Å².